The Morgan fingerprint density at radius 3 is 2.07 bits per heavy atom. The SMILES string of the molecule is COC(=O)/C=C(/C)OP(=O)(OC)OC. The van der Waals surface area contributed by atoms with E-state index in [0.29, 0.717) is 0 Å². The van der Waals surface area contributed by atoms with E-state index in [0.717, 1.165) is 6.08 Å². The molecule has 0 atom stereocenters. The molecule has 0 bridgehead atoms. The highest BCUT2D eigenvalue weighted by Gasteiger charge is 2.24. The first-order valence-electron chi connectivity index (χ1n) is 3.64. The molecule has 0 N–H and O–H groups in total. The Morgan fingerprint density at radius 2 is 1.71 bits per heavy atom. The second-order valence-corrected chi connectivity index (χ2v) is 3.99. The van der Waals surface area contributed by atoms with E-state index in [2.05, 4.69) is 13.8 Å². The minimum absolute atomic E-state index is 0.0869. The number of hydrogen-bond acceptors (Lipinski definition) is 6. The third kappa shape index (κ3) is 4.41. The van der Waals surface area contributed by atoms with Gasteiger partial charge in [-0.2, -0.15) is 0 Å². The quantitative estimate of drug-likeness (QED) is 0.305. The van der Waals surface area contributed by atoms with Crippen molar-refractivity contribution in [3.63, 3.8) is 0 Å². The summed E-state index contributed by atoms with van der Waals surface area (Å²) in [5, 5.41) is 0. The maximum absolute atomic E-state index is 11.4. The highest BCUT2D eigenvalue weighted by atomic mass is 31.2. The van der Waals surface area contributed by atoms with Crippen molar-refractivity contribution in [1.29, 1.82) is 0 Å². The Hall–Kier alpha value is -0.840. The molecular formula is C7H13O6P. The topological polar surface area (TPSA) is 71.1 Å². The van der Waals surface area contributed by atoms with Crippen LogP contribution in [-0.4, -0.2) is 27.3 Å². The van der Waals surface area contributed by atoms with Crippen LogP contribution in [0, 0.1) is 0 Å². The summed E-state index contributed by atoms with van der Waals surface area (Å²) in [5.74, 6) is -0.523. The monoisotopic (exact) mass is 224 g/mol. The summed E-state index contributed by atoms with van der Waals surface area (Å²) in [5.41, 5.74) is 0. The van der Waals surface area contributed by atoms with Crippen LogP contribution < -0.4 is 0 Å². The third-order valence-electron chi connectivity index (χ3n) is 1.23. The van der Waals surface area contributed by atoms with E-state index < -0.39 is 13.8 Å². The maximum atomic E-state index is 11.4. The van der Waals surface area contributed by atoms with Gasteiger partial charge in [-0.1, -0.05) is 0 Å². The normalized spacial score (nSPS) is 12.4. The molecule has 0 aliphatic carbocycles. The Morgan fingerprint density at radius 1 is 1.21 bits per heavy atom. The fourth-order valence-corrected chi connectivity index (χ4v) is 1.28. The molecule has 14 heavy (non-hydrogen) atoms. The van der Waals surface area contributed by atoms with Crippen molar-refractivity contribution in [1.82, 2.24) is 0 Å². The van der Waals surface area contributed by atoms with Gasteiger partial charge >= 0.3 is 13.8 Å². The van der Waals surface area contributed by atoms with Gasteiger partial charge in [-0.25, -0.2) is 9.36 Å². The molecule has 0 saturated heterocycles. The van der Waals surface area contributed by atoms with Crippen molar-refractivity contribution in [3.05, 3.63) is 11.8 Å². The van der Waals surface area contributed by atoms with Gasteiger partial charge in [0.1, 0.15) is 5.76 Å². The van der Waals surface area contributed by atoms with Gasteiger partial charge in [0, 0.05) is 14.2 Å². The molecule has 0 saturated carbocycles. The fourth-order valence-electron chi connectivity index (χ4n) is 0.577. The minimum atomic E-state index is -3.58. The molecule has 0 radical (unpaired) electrons. The average molecular weight is 224 g/mol. The molecule has 0 unspecified atom stereocenters. The second kappa shape index (κ2) is 5.80. The lowest BCUT2D eigenvalue weighted by molar-refractivity contribution is -0.135. The highest BCUT2D eigenvalue weighted by Crippen LogP contribution is 2.49. The third-order valence-corrected chi connectivity index (χ3v) is 2.63. The van der Waals surface area contributed by atoms with Crippen LogP contribution in [0.1, 0.15) is 6.92 Å². The number of esters is 1. The minimum Gasteiger partial charge on any atom is -0.466 e. The highest BCUT2D eigenvalue weighted by molar-refractivity contribution is 7.48. The number of ether oxygens (including phenoxy) is 1. The first kappa shape index (κ1) is 13.2. The zero-order valence-electron chi connectivity index (χ0n) is 8.47. The van der Waals surface area contributed by atoms with E-state index in [1.54, 1.807) is 0 Å². The molecule has 0 aliphatic rings. The predicted molar refractivity (Wildman–Crippen MR) is 48.5 cm³/mol. The van der Waals surface area contributed by atoms with Crippen LogP contribution in [0.4, 0.5) is 0 Å². The number of rotatable bonds is 5. The van der Waals surface area contributed by atoms with Crippen LogP contribution in [0.5, 0.6) is 0 Å². The van der Waals surface area contributed by atoms with Crippen molar-refractivity contribution in [2.24, 2.45) is 0 Å². The molecule has 0 spiro atoms. The van der Waals surface area contributed by atoms with E-state index in [9.17, 15) is 9.36 Å². The van der Waals surface area contributed by atoms with E-state index in [1.165, 1.54) is 28.3 Å². The number of methoxy groups -OCH3 is 1. The van der Waals surface area contributed by atoms with Crippen molar-refractivity contribution < 1.29 is 27.7 Å². The Bertz CT molecular complexity index is 263. The molecular weight excluding hydrogens is 211 g/mol. The Kier molecular flexibility index (Phi) is 5.45. The van der Waals surface area contributed by atoms with E-state index in [4.69, 9.17) is 4.52 Å². The van der Waals surface area contributed by atoms with E-state index in [-0.39, 0.29) is 5.76 Å². The summed E-state index contributed by atoms with van der Waals surface area (Å²) < 4.78 is 29.5. The number of carbonyl (C=O) groups is 1. The number of phosphoric acid groups is 1. The van der Waals surface area contributed by atoms with Crippen LogP contribution in [0.25, 0.3) is 0 Å². The average Bonchev–Trinajstić information content (AvgIpc) is 2.17. The fraction of sp³-hybridized carbons (Fsp3) is 0.571. The molecule has 82 valence electrons. The van der Waals surface area contributed by atoms with Gasteiger partial charge in [0.05, 0.1) is 13.2 Å². The van der Waals surface area contributed by atoms with Gasteiger partial charge in [0.15, 0.2) is 0 Å². The van der Waals surface area contributed by atoms with Gasteiger partial charge in [-0.3, -0.25) is 9.05 Å². The van der Waals surface area contributed by atoms with Crippen LogP contribution in [0.15, 0.2) is 11.8 Å². The molecule has 0 amide bonds. The summed E-state index contributed by atoms with van der Waals surface area (Å²) in [6.07, 6.45) is 1.03. The molecule has 0 aromatic carbocycles. The Labute approximate surface area is 82.4 Å². The van der Waals surface area contributed by atoms with Crippen molar-refractivity contribution in [2.45, 2.75) is 6.92 Å². The summed E-state index contributed by atoms with van der Waals surface area (Å²) in [7, 11) is -0.00688. The lowest BCUT2D eigenvalue weighted by atomic mass is 10.5. The van der Waals surface area contributed by atoms with Gasteiger partial charge in [0.25, 0.3) is 0 Å². The lowest BCUT2D eigenvalue weighted by Gasteiger charge is -2.13. The van der Waals surface area contributed by atoms with Gasteiger partial charge in [-0.15, -0.1) is 0 Å². The smallest absolute Gasteiger partial charge is 0.466 e. The van der Waals surface area contributed by atoms with E-state index in [1.807, 2.05) is 0 Å². The first-order chi connectivity index (χ1) is 6.47. The molecule has 7 heteroatoms. The molecule has 0 heterocycles. The molecule has 0 aromatic rings. The van der Waals surface area contributed by atoms with Crippen molar-refractivity contribution in [2.75, 3.05) is 21.3 Å². The van der Waals surface area contributed by atoms with Gasteiger partial charge in [-0.05, 0) is 6.92 Å². The van der Waals surface area contributed by atoms with Crippen LogP contribution in [0.3, 0.4) is 0 Å². The largest absolute Gasteiger partial charge is 0.529 e. The standard InChI is InChI=1S/C7H13O6P/c1-6(5-7(8)10-2)13-14(9,11-3)12-4/h5H,1-4H3/b6-5-. The molecule has 6 nitrogen and oxygen atoms in total. The van der Waals surface area contributed by atoms with Gasteiger partial charge < -0.3 is 9.26 Å². The zero-order chi connectivity index (χ0) is 11.2. The molecule has 0 rings (SSSR count). The second-order valence-electron chi connectivity index (χ2n) is 2.18. The predicted octanol–water partition coefficient (Wildman–Crippen LogP) is 1.48. The summed E-state index contributed by atoms with van der Waals surface area (Å²) in [6, 6.07) is 0. The zero-order valence-corrected chi connectivity index (χ0v) is 9.37. The molecule has 0 aliphatic heterocycles. The van der Waals surface area contributed by atoms with Crippen LogP contribution in [0.2, 0.25) is 0 Å². The first-order valence-corrected chi connectivity index (χ1v) is 5.11. The van der Waals surface area contributed by atoms with Gasteiger partial charge in [0.2, 0.25) is 0 Å². The Balaban J connectivity index is 4.44. The number of carbonyl (C=O) groups excluding carboxylic acids is 1. The van der Waals surface area contributed by atoms with Crippen molar-refractivity contribution >= 4 is 13.8 Å². The van der Waals surface area contributed by atoms with Crippen LogP contribution in [-0.2, 0) is 27.7 Å². The maximum Gasteiger partial charge on any atom is 0.529 e. The summed E-state index contributed by atoms with van der Waals surface area (Å²) >= 11 is 0. The summed E-state index contributed by atoms with van der Waals surface area (Å²) in [6.45, 7) is 1.43. The summed E-state index contributed by atoms with van der Waals surface area (Å²) in [4.78, 5) is 10.7. The van der Waals surface area contributed by atoms with Crippen LogP contribution >= 0.6 is 7.82 Å². The van der Waals surface area contributed by atoms with E-state index >= 15 is 0 Å². The number of hydrogen-bond donors (Lipinski definition) is 0. The lowest BCUT2D eigenvalue weighted by Crippen LogP contribution is -1.99. The molecule has 0 aromatic heterocycles. The number of allylic oxidation sites excluding steroid dienone is 1. The number of phosphoric ester groups is 1. The molecule has 0 fully saturated rings. The van der Waals surface area contributed by atoms with Crippen molar-refractivity contribution in [3.8, 4) is 0 Å².